The predicted octanol–water partition coefficient (Wildman–Crippen LogP) is 8.57. The number of rotatable bonds is 13. The van der Waals surface area contributed by atoms with E-state index < -0.39 is 0 Å². The van der Waals surface area contributed by atoms with Crippen molar-refractivity contribution in [3.8, 4) is 11.5 Å². The van der Waals surface area contributed by atoms with Crippen LogP contribution in [-0.2, 0) is 6.42 Å². The van der Waals surface area contributed by atoms with E-state index in [1.807, 2.05) is 36.4 Å². The van der Waals surface area contributed by atoms with E-state index in [-0.39, 0.29) is 5.97 Å². The van der Waals surface area contributed by atoms with Gasteiger partial charge in [0, 0.05) is 0 Å². The number of allylic oxidation sites excluding steroid dienone is 1. The Kier molecular flexibility index (Phi) is 11.2. The Bertz CT molecular complexity index is 859. The molecule has 0 amide bonds. The van der Waals surface area contributed by atoms with Gasteiger partial charge in [-0.3, -0.25) is 0 Å². The highest BCUT2D eigenvalue weighted by Gasteiger charge is 2.18. The summed E-state index contributed by atoms with van der Waals surface area (Å²) in [5, 5.41) is 0. The Balaban J connectivity index is 1.36. The van der Waals surface area contributed by atoms with Crippen LogP contribution in [0.1, 0.15) is 94.0 Å². The lowest BCUT2D eigenvalue weighted by molar-refractivity contribution is 0.0734. The lowest BCUT2D eigenvalue weighted by Crippen LogP contribution is -2.13. The number of unbranched alkanes of at least 4 members (excludes halogenated alkanes) is 3. The van der Waals surface area contributed by atoms with Crippen LogP contribution in [0.4, 0.5) is 0 Å². The molecule has 1 fully saturated rings. The van der Waals surface area contributed by atoms with Crippen LogP contribution in [0, 0.1) is 11.8 Å². The standard InChI is InChI=1S/C31H42O3/c1-3-5-7-10-26-12-14-27(15-13-26)11-8-24-33-29-22-18-28(19-23-29)31(32)34-30-20-16-25(17-21-30)9-6-4-2/h8,11,16-23,26-27H,3-7,9-10,12-15,24H2,1-2H3/b11-8+/t26-,27-. The van der Waals surface area contributed by atoms with Crippen LogP contribution in [0.15, 0.2) is 60.7 Å². The summed E-state index contributed by atoms with van der Waals surface area (Å²) < 4.78 is 11.4. The van der Waals surface area contributed by atoms with Crippen LogP contribution in [0.25, 0.3) is 0 Å². The quantitative estimate of drug-likeness (QED) is 0.129. The Morgan fingerprint density at radius 2 is 1.53 bits per heavy atom. The van der Waals surface area contributed by atoms with Crippen molar-refractivity contribution in [1.29, 1.82) is 0 Å². The first-order valence-electron chi connectivity index (χ1n) is 13.4. The molecule has 2 aromatic carbocycles. The van der Waals surface area contributed by atoms with Crippen molar-refractivity contribution in [3.63, 3.8) is 0 Å². The summed E-state index contributed by atoms with van der Waals surface area (Å²) in [5.74, 6) is 2.64. The molecular formula is C31H42O3. The second-order valence-electron chi connectivity index (χ2n) is 9.68. The highest BCUT2D eigenvalue weighted by molar-refractivity contribution is 5.91. The number of ether oxygens (including phenoxy) is 2. The van der Waals surface area contributed by atoms with Gasteiger partial charge in [-0.25, -0.2) is 4.79 Å². The van der Waals surface area contributed by atoms with E-state index in [9.17, 15) is 4.79 Å². The number of carbonyl (C=O) groups excluding carboxylic acids is 1. The van der Waals surface area contributed by atoms with Gasteiger partial charge in [0.05, 0.1) is 5.56 Å². The van der Waals surface area contributed by atoms with E-state index in [2.05, 4.69) is 26.0 Å². The molecule has 3 heteroatoms. The van der Waals surface area contributed by atoms with E-state index in [4.69, 9.17) is 9.47 Å². The van der Waals surface area contributed by atoms with E-state index >= 15 is 0 Å². The predicted molar refractivity (Wildman–Crippen MR) is 141 cm³/mol. The molecule has 0 aliphatic heterocycles. The Hall–Kier alpha value is -2.55. The molecule has 0 heterocycles. The topological polar surface area (TPSA) is 35.5 Å². The Morgan fingerprint density at radius 1 is 0.853 bits per heavy atom. The second kappa shape index (κ2) is 14.7. The van der Waals surface area contributed by atoms with Gasteiger partial charge in [-0.1, -0.05) is 70.2 Å². The molecule has 0 unspecified atom stereocenters. The first kappa shape index (κ1) is 26.1. The summed E-state index contributed by atoms with van der Waals surface area (Å²) >= 11 is 0. The summed E-state index contributed by atoms with van der Waals surface area (Å²) in [6.45, 7) is 5.02. The Labute approximate surface area is 206 Å². The van der Waals surface area contributed by atoms with E-state index in [0.717, 1.165) is 18.1 Å². The van der Waals surface area contributed by atoms with E-state index in [0.29, 0.717) is 23.8 Å². The van der Waals surface area contributed by atoms with Gasteiger partial charge >= 0.3 is 5.97 Å². The molecule has 34 heavy (non-hydrogen) atoms. The third kappa shape index (κ3) is 9.00. The van der Waals surface area contributed by atoms with Gasteiger partial charge in [0.25, 0.3) is 0 Å². The maximum Gasteiger partial charge on any atom is 0.343 e. The fraction of sp³-hybridized carbons (Fsp3) is 0.516. The van der Waals surface area contributed by atoms with Gasteiger partial charge in [0.15, 0.2) is 0 Å². The highest BCUT2D eigenvalue weighted by atomic mass is 16.5. The first-order chi connectivity index (χ1) is 16.7. The molecule has 0 spiro atoms. The minimum atomic E-state index is -0.349. The zero-order chi connectivity index (χ0) is 24.0. The Morgan fingerprint density at radius 3 is 2.21 bits per heavy atom. The summed E-state index contributed by atoms with van der Waals surface area (Å²) in [6, 6.07) is 15.0. The minimum Gasteiger partial charge on any atom is -0.490 e. The van der Waals surface area contributed by atoms with Crippen molar-refractivity contribution in [2.24, 2.45) is 11.8 Å². The van der Waals surface area contributed by atoms with Crippen LogP contribution in [-0.4, -0.2) is 12.6 Å². The molecule has 0 atom stereocenters. The maximum atomic E-state index is 12.4. The zero-order valence-electron chi connectivity index (χ0n) is 21.1. The van der Waals surface area contributed by atoms with Crippen LogP contribution in [0.3, 0.4) is 0 Å². The third-order valence-corrected chi connectivity index (χ3v) is 6.90. The molecule has 3 nitrogen and oxygen atoms in total. The monoisotopic (exact) mass is 462 g/mol. The molecule has 184 valence electrons. The number of hydrogen-bond acceptors (Lipinski definition) is 3. The van der Waals surface area contributed by atoms with Gasteiger partial charge in [0.1, 0.15) is 18.1 Å². The van der Waals surface area contributed by atoms with Crippen LogP contribution in [0.2, 0.25) is 0 Å². The average molecular weight is 463 g/mol. The second-order valence-corrected chi connectivity index (χ2v) is 9.68. The number of hydrogen-bond donors (Lipinski definition) is 0. The summed E-state index contributed by atoms with van der Waals surface area (Å²) in [4.78, 5) is 12.4. The fourth-order valence-corrected chi connectivity index (χ4v) is 4.70. The fourth-order valence-electron chi connectivity index (χ4n) is 4.70. The van der Waals surface area contributed by atoms with Crippen molar-refractivity contribution in [3.05, 3.63) is 71.8 Å². The smallest absolute Gasteiger partial charge is 0.343 e. The first-order valence-corrected chi connectivity index (χ1v) is 13.4. The normalized spacial score (nSPS) is 18.2. The van der Waals surface area contributed by atoms with Crippen molar-refractivity contribution in [2.45, 2.75) is 84.5 Å². The number of carbonyl (C=O) groups is 1. The van der Waals surface area contributed by atoms with Gasteiger partial charge in [0.2, 0.25) is 0 Å². The largest absolute Gasteiger partial charge is 0.490 e. The third-order valence-electron chi connectivity index (χ3n) is 6.90. The van der Waals surface area contributed by atoms with Crippen LogP contribution >= 0.6 is 0 Å². The summed E-state index contributed by atoms with van der Waals surface area (Å²) in [6.07, 6.45) is 18.8. The molecule has 1 aliphatic carbocycles. The lowest BCUT2D eigenvalue weighted by Gasteiger charge is -2.26. The molecular weight excluding hydrogens is 420 g/mol. The zero-order valence-corrected chi connectivity index (χ0v) is 21.1. The maximum absolute atomic E-state index is 12.4. The van der Waals surface area contributed by atoms with E-state index in [1.165, 1.54) is 69.8 Å². The lowest BCUT2D eigenvalue weighted by atomic mass is 9.79. The minimum absolute atomic E-state index is 0.349. The molecule has 0 aromatic heterocycles. The number of benzene rings is 2. The molecule has 0 saturated heterocycles. The van der Waals surface area contributed by atoms with Crippen LogP contribution in [0.5, 0.6) is 11.5 Å². The van der Waals surface area contributed by atoms with Crippen molar-refractivity contribution < 1.29 is 14.3 Å². The summed E-state index contributed by atoms with van der Waals surface area (Å²) in [5.41, 5.74) is 1.79. The van der Waals surface area contributed by atoms with E-state index in [1.54, 1.807) is 12.1 Å². The molecule has 3 rings (SSSR count). The highest BCUT2D eigenvalue weighted by Crippen LogP contribution is 2.32. The average Bonchev–Trinajstić information content (AvgIpc) is 2.87. The van der Waals surface area contributed by atoms with Crippen molar-refractivity contribution >= 4 is 5.97 Å². The summed E-state index contributed by atoms with van der Waals surface area (Å²) in [7, 11) is 0. The van der Waals surface area contributed by atoms with Crippen molar-refractivity contribution in [2.75, 3.05) is 6.61 Å². The molecule has 0 bridgehead atoms. The van der Waals surface area contributed by atoms with Gasteiger partial charge in [-0.05, 0) is 92.3 Å². The van der Waals surface area contributed by atoms with Crippen molar-refractivity contribution in [1.82, 2.24) is 0 Å². The van der Waals surface area contributed by atoms with Gasteiger partial charge in [-0.2, -0.15) is 0 Å². The van der Waals surface area contributed by atoms with Gasteiger partial charge < -0.3 is 9.47 Å². The molecule has 0 N–H and O–H groups in total. The SMILES string of the molecule is CCCCC[C@H]1CC[C@H](/C=C/COc2ccc(C(=O)Oc3ccc(CCCC)cc3)cc2)CC1. The molecule has 1 saturated carbocycles. The van der Waals surface area contributed by atoms with Gasteiger partial charge in [-0.15, -0.1) is 0 Å². The molecule has 2 aromatic rings. The number of esters is 1. The molecule has 1 aliphatic rings. The number of aryl methyl sites for hydroxylation is 1. The van der Waals surface area contributed by atoms with Crippen LogP contribution < -0.4 is 9.47 Å². The molecule has 0 radical (unpaired) electrons.